The molecule has 3 rings (SSSR count). The fourth-order valence-electron chi connectivity index (χ4n) is 2.94. The van der Waals surface area contributed by atoms with Crippen molar-refractivity contribution in [3.8, 4) is 0 Å². The molecule has 0 aliphatic heterocycles. The molecule has 23 heavy (non-hydrogen) atoms. The molecule has 2 aromatic heterocycles. The van der Waals surface area contributed by atoms with E-state index in [4.69, 9.17) is 0 Å². The van der Waals surface area contributed by atoms with Crippen molar-refractivity contribution in [1.82, 2.24) is 19.4 Å². The molecule has 0 saturated heterocycles. The molecule has 0 aliphatic carbocycles. The highest BCUT2D eigenvalue weighted by Gasteiger charge is 2.15. The summed E-state index contributed by atoms with van der Waals surface area (Å²) in [6.45, 7) is 5.71. The Morgan fingerprint density at radius 2 is 2.13 bits per heavy atom. The Morgan fingerprint density at radius 1 is 1.30 bits per heavy atom. The number of carbonyl (C=O) groups excluding carboxylic acids is 1. The number of hydrogen-bond donors (Lipinski definition) is 1. The lowest BCUT2D eigenvalue weighted by Gasteiger charge is -2.16. The van der Waals surface area contributed by atoms with Crippen molar-refractivity contribution in [2.24, 2.45) is 0 Å². The number of H-pyrrole nitrogens is 1. The zero-order chi connectivity index (χ0) is 16.4. The predicted octanol–water partition coefficient (Wildman–Crippen LogP) is 3.14. The molecule has 1 amide bonds. The smallest absolute Gasteiger partial charge is 0.270 e. The van der Waals surface area contributed by atoms with E-state index in [1.165, 1.54) is 11.1 Å². The van der Waals surface area contributed by atoms with Crippen LogP contribution < -0.4 is 0 Å². The van der Waals surface area contributed by atoms with Crippen LogP contribution in [0.4, 0.5) is 0 Å². The molecule has 5 heteroatoms. The molecule has 0 fully saturated rings. The average molecular weight is 310 g/mol. The topological polar surface area (TPSA) is 53.9 Å². The second-order valence-electron chi connectivity index (χ2n) is 6.11. The van der Waals surface area contributed by atoms with Crippen LogP contribution in [0.3, 0.4) is 0 Å². The van der Waals surface area contributed by atoms with Gasteiger partial charge < -0.3 is 14.5 Å². The number of aromatic nitrogens is 3. The highest BCUT2D eigenvalue weighted by molar-refractivity contribution is 5.98. The van der Waals surface area contributed by atoms with E-state index in [9.17, 15) is 4.79 Å². The first-order valence-electron chi connectivity index (χ1n) is 7.86. The van der Waals surface area contributed by atoms with Gasteiger partial charge in [0, 0.05) is 43.4 Å². The molecule has 0 atom stereocenters. The van der Waals surface area contributed by atoms with Crippen molar-refractivity contribution in [2.75, 3.05) is 13.6 Å². The van der Waals surface area contributed by atoms with Crippen LogP contribution in [0.2, 0.25) is 0 Å². The number of nitrogens with one attached hydrogen (secondary N) is 1. The van der Waals surface area contributed by atoms with Gasteiger partial charge in [0.15, 0.2) is 0 Å². The third kappa shape index (κ3) is 3.28. The minimum Gasteiger partial charge on any atom is -0.350 e. The van der Waals surface area contributed by atoms with Gasteiger partial charge in [-0.15, -0.1) is 0 Å². The molecule has 1 N–H and O–H groups in total. The van der Waals surface area contributed by atoms with Gasteiger partial charge in [-0.25, -0.2) is 4.98 Å². The fourth-order valence-corrected chi connectivity index (χ4v) is 2.94. The van der Waals surface area contributed by atoms with Crippen LogP contribution >= 0.6 is 0 Å². The van der Waals surface area contributed by atoms with E-state index in [1.54, 1.807) is 17.4 Å². The van der Waals surface area contributed by atoms with Gasteiger partial charge in [-0.05, 0) is 38.0 Å². The summed E-state index contributed by atoms with van der Waals surface area (Å²) < 4.78 is 2.02. The van der Waals surface area contributed by atoms with E-state index in [2.05, 4.69) is 35.9 Å². The van der Waals surface area contributed by atoms with Crippen LogP contribution in [-0.4, -0.2) is 38.9 Å². The monoisotopic (exact) mass is 310 g/mol. The van der Waals surface area contributed by atoms with Crippen LogP contribution in [0.15, 0.2) is 36.9 Å². The number of benzene rings is 1. The average Bonchev–Trinajstić information content (AvgIpc) is 3.15. The van der Waals surface area contributed by atoms with Gasteiger partial charge in [0.05, 0.1) is 6.33 Å². The number of rotatable bonds is 5. The first-order valence-corrected chi connectivity index (χ1v) is 7.86. The second-order valence-corrected chi connectivity index (χ2v) is 6.11. The number of amides is 1. The molecule has 0 bridgehead atoms. The Morgan fingerprint density at radius 3 is 2.87 bits per heavy atom. The quantitative estimate of drug-likeness (QED) is 0.787. The van der Waals surface area contributed by atoms with Gasteiger partial charge in [0.25, 0.3) is 5.91 Å². The standard InChI is InChI=1S/C18H22N4O/c1-13-9-14(2)17-15(10-13)11-16(20-17)18(23)21(3)6-4-7-22-8-5-19-12-22/h5,8-12,20H,4,6-7H2,1-3H3. The lowest BCUT2D eigenvalue weighted by molar-refractivity contribution is 0.0787. The number of carbonyl (C=O) groups is 1. The molecule has 0 unspecified atom stereocenters. The maximum atomic E-state index is 12.6. The van der Waals surface area contributed by atoms with Gasteiger partial charge in [-0.3, -0.25) is 4.79 Å². The molecule has 0 aliphatic rings. The summed E-state index contributed by atoms with van der Waals surface area (Å²) in [4.78, 5) is 21.6. The normalized spacial score (nSPS) is 11.1. The maximum absolute atomic E-state index is 12.6. The van der Waals surface area contributed by atoms with Crippen molar-refractivity contribution in [3.63, 3.8) is 0 Å². The van der Waals surface area contributed by atoms with E-state index >= 15 is 0 Å². The number of imidazole rings is 1. The van der Waals surface area contributed by atoms with Gasteiger partial charge in [0.1, 0.15) is 5.69 Å². The molecule has 120 valence electrons. The minimum absolute atomic E-state index is 0.0314. The summed E-state index contributed by atoms with van der Waals surface area (Å²) in [6.07, 6.45) is 6.40. The number of hydrogen-bond acceptors (Lipinski definition) is 2. The highest BCUT2D eigenvalue weighted by Crippen LogP contribution is 2.21. The van der Waals surface area contributed by atoms with Crippen molar-refractivity contribution in [1.29, 1.82) is 0 Å². The SMILES string of the molecule is Cc1cc(C)c2[nH]c(C(=O)N(C)CCCn3ccnc3)cc2c1. The van der Waals surface area contributed by atoms with Gasteiger partial charge in [-0.2, -0.15) is 0 Å². The second kappa shape index (κ2) is 6.28. The Balaban J connectivity index is 1.68. The molecular formula is C18H22N4O. The Kier molecular flexibility index (Phi) is 4.19. The Hall–Kier alpha value is -2.56. The Labute approximate surface area is 135 Å². The summed E-state index contributed by atoms with van der Waals surface area (Å²) in [5.41, 5.74) is 4.08. The number of aryl methyl sites for hydroxylation is 3. The van der Waals surface area contributed by atoms with E-state index in [0.29, 0.717) is 12.2 Å². The van der Waals surface area contributed by atoms with Gasteiger partial charge in [0.2, 0.25) is 0 Å². The van der Waals surface area contributed by atoms with Crippen LogP contribution in [0, 0.1) is 13.8 Å². The number of fused-ring (bicyclic) bond motifs is 1. The van der Waals surface area contributed by atoms with E-state index in [-0.39, 0.29) is 5.91 Å². The van der Waals surface area contributed by atoms with Crippen LogP contribution in [0.5, 0.6) is 0 Å². The molecule has 0 spiro atoms. The van der Waals surface area contributed by atoms with Crippen LogP contribution in [0.1, 0.15) is 28.0 Å². The Bertz CT molecular complexity index is 817. The maximum Gasteiger partial charge on any atom is 0.270 e. The number of nitrogens with zero attached hydrogens (tertiary/aromatic N) is 3. The zero-order valence-electron chi connectivity index (χ0n) is 13.8. The lowest BCUT2D eigenvalue weighted by atomic mass is 10.1. The molecule has 5 nitrogen and oxygen atoms in total. The lowest BCUT2D eigenvalue weighted by Crippen LogP contribution is -2.28. The van der Waals surface area contributed by atoms with E-state index in [1.807, 2.05) is 23.9 Å². The first kappa shape index (κ1) is 15.3. The summed E-state index contributed by atoms with van der Waals surface area (Å²) in [6, 6.07) is 6.18. The molecular weight excluding hydrogens is 288 g/mol. The molecule has 1 aromatic carbocycles. The van der Waals surface area contributed by atoms with Gasteiger partial charge >= 0.3 is 0 Å². The summed E-state index contributed by atoms with van der Waals surface area (Å²) in [5, 5.41) is 1.10. The molecule has 0 saturated carbocycles. The molecule has 0 radical (unpaired) electrons. The van der Waals surface area contributed by atoms with Gasteiger partial charge in [-0.1, -0.05) is 11.6 Å². The molecule has 2 heterocycles. The zero-order valence-corrected chi connectivity index (χ0v) is 13.8. The summed E-state index contributed by atoms with van der Waals surface area (Å²) in [5.74, 6) is 0.0314. The van der Waals surface area contributed by atoms with E-state index in [0.717, 1.165) is 23.9 Å². The predicted molar refractivity (Wildman–Crippen MR) is 91.6 cm³/mol. The third-order valence-corrected chi connectivity index (χ3v) is 4.12. The third-order valence-electron chi connectivity index (χ3n) is 4.12. The summed E-state index contributed by atoms with van der Waals surface area (Å²) in [7, 11) is 1.85. The van der Waals surface area contributed by atoms with Crippen LogP contribution in [-0.2, 0) is 6.54 Å². The number of aromatic amines is 1. The van der Waals surface area contributed by atoms with Crippen molar-refractivity contribution < 1.29 is 4.79 Å². The van der Waals surface area contributed by atoms with Crippen LogP contribution in [0.25, 0.3) is 10.9 Å². The highest BCUT2D eigenvalue weighted by atomic mass is 16.2. The van der Waals surface area contributed by atoms with Crippen molar-refractivity contribution in [2.45, 2.75) is 26.8 Å². The first-order chi connectivity index (χ1) is 11.0. The van der Waals surface area contributed by atoms with Crippen molar-refractivity contribution in [3.05, 3.63) is 53.7 Å². The largest absolute Gasteiger partial charge is 0.350 e. The molecule has 3 aromatic rings. The fraction of sp³-hybridized carbons (Fsp3) is 0.333. The minimum atomic E-state index is 0.0314. The summed E-state index contributed by atoms with van der Waals surface area (Å²) >= 11 is 0. The van der Waals surface area contributed by atoms with E-state index < -0.39 is 0 Å². The van der Waals surface area contributed by atoms with Crippen molar-refractivity contribution >= 4 is 16.8 Å².